The van der Waals surface area contributed by atoms with Crippen molar-refractivity contribution in [2.45, 2.75) is 6.10 Å². The van der Waals surface area contributed by atoms with E-state index < -0.39 is 6.10 Å². The summed E-state index contributed by atoms with van der Waals surface area (Å²) in [5.41, 5.74) is 0. The van der Waals surface area contributed by atoms with Gasteiger partial charge in [-0.2, -0.15) is 0 Å². The predicted octanol–water partition coefficient (Wildman–Crippen LogP) is 1.02. The van der Waals surface area contributed by atoms with Gasteiger partial charge in [-0.15, -0.1) is 0 Å². The molecule has 0 fully saturated rings. The SMILES string of the molecule is OC[C@H](O)COc1ccc(I)cc1. The van der Waals surface area contributed by atoms with Gasteiger partial charge in [-0.25, -0.2) is 0 Å². The van der Waals surface area contributed by atoms with Crippen molar-refractivity contribution >= 4 is 22.6 Å². The lowest BCUT2D eigenvalue weighted by atomic mass is 10.3. The van der Waals surface area contributed by atoms with Crippen molar-refractivity contribution in [1.82, 2.24) is 0 Å². The van der Waals surface area contributed by atoms with Crippen LogP contribution in [0.5, 0.6) is 5.75 Å². The lowest BCUT2D eigenvalue weighted by molar-refractivity contribution is 0.0536. The van der Waals surface area contributed by atoms with Gasteiger partial charge in [-0.3, -0.25) is 0 Å². The van der Waals surface area contributed by atoms with Crippen molar-refractivity contribution < 1.29 is 14.9 Å². The number of aliphatic hydroxyl groups excluding tert-OH is 2. The molecule has 0 spiro atoms. The lowest BCUT2D eigenvalue weighted by Crippen LogP contribution is -2.21. The van der Waals surface area contributed by atoms with Crippen molar-refractivity contribution in [2.24, 2.45) is 0 Å². The van der Waals surface area contributed by atoms with Gasteiger partial charge in [0.05, 0.1) is 6.61 Å². The first-order valence-electron chi connectivity index (χ1n) is 3.89. The number of halogens is 1. The fraction of sp³-hybridized carbons (Fsp3) is 0.333. The molecule has 0 saturated carbocycles. The molecule has 0 unspecified atom stereocenters. The molecule has 72 valence electrons. The zero-order valence-electron chi connectivity index (χ0n) is 6.98. The van der Waals surface area contributed by atoms with Crippen LogP contribution in [-0.4, -0.2) is 29.5 Å². The normalized spacial score (nSPS) is 12.5. The van der Waals surface area contributed by atoms with Gasteiger partial charge in [0.25, 0.3) is 0 Å². The molecule has 3 nitrogen and oxygen atoms in total. The summed E-state index contributed by atoms with van der Waals surface area (Å²) < 4.78 is 6.33. The van der Waals surface area contributed by atoms with E-state index in [1.807, 2.05) is 24.3 Å². The maximum absolute atomic E-state index is 9.00. The maximum atomic E-state index is 9.00. The Balaban J connectivity index is 2.41. The minimum atomic E-state index is -0.806. The minimum Gasteiger partial charge on any atom is -0.491 e. The molecule has 0 saturated heterocycles. The van der Waals surface area contributed by atoms with Crippen LogP contribution in [0.4, 0.5) is 0 Å². The van der Waals surface area contributed by atoms with E-state index in [0.29, 0.717) is 5.75 Å². The largest absolute Gasteiger partial charge is 0.491 e. The van der Waals surface area contributed by atoms with Crippen molar-refractivity contribution in [3.05, 3.63) is 27.8 Å². The van der Waals surface area contributed by atoms with E-state index in [2.05, 4.69) is 22.6 Å². The van der Waals surface area contributed by atoms with E-state index in [1.54, 1.807) is 0 Å². The predicted molar refractivity (Wildman–Crippen MR) is 57.7 cm³/mol. The first-order valence-corrected chi connectivity index (χ1v) is 4.97. The molecular weight excluding hydrogens is 283 g/mol. The molecule has 1 atom stereocenters. The van der Waals surface area contributed by atoms with Crippen LogP contribution in [0.1, 0.15) is 0 Å². The van der Waals surface area contributed by atoms with Crippen molar-refractivity contribution in [2.75, 3.05) is 13.2 Å². The summed E-state index contributed by atoms with van der Waals surface area (Å²) in [6.45, 7) is -0.151. The second kappa shape index (κ2) is 5.41. The third kappa shape index (κ3) is 3.93. The molecule has 2 N–H and O–H groups in total. The Morgan fingerprint density at radius 1 is 1.31 bits per heavy atom. The van der Waals surface area contributed by atoms with Gasteiger partial charge in [0, 0.05) is 3.57 Å². The van der Waals surface area contributed by atoms with Gasteiger partial charge >= 0.3 is 0 Å². The fourth-order valence-corrected chi connectivity index (χ4v) is 1.14. The summed E-state index contributed by atoms with van der Waals surface area (Å²) in [6.07, 6.45) is -0.806. The topological polar surface area (TPSA) is 49.7 Å². The van der Waals surface area contributed by atoms with Crippen molar-refractivity contribution in [3.8, 4) is 5.75 Å². The van der Waals surface area contributed by atoms with Crippen LogP contribution < -0.4 is 4.74 Å². The number of rotatable bonds is 4. The average molecular weight is 294 g/mol. The van der Waals surface area contributed by atoms with Gasteiger partial charge in [0.1, 0.15) is 18.5 Å². The van der Waals surface area contributed by atoms with Crippen LogP contribution in [0.3, 0.4) is 0 Å². The molecule has 0 bridgehead atoms. The second-order valence-corrected chi connectivity index (χ2v) is 3.85. The highest BCUT2D eigenvalue weighted by atomic mass is 127. The summed E-state index contributed by atoms with van der Waals surface area (Å²) in [7, 11) is 0. The molecule has 0 radical (unpaired) electrons. The summed E-state index contributed by atoms with van der Waals surface area (Å²) in [5, 5.41) is 17.5. The molecule has 1 rings (SSSR count). The molecule has 0 aromatic heterocycles. The van der Waals surface area contributed by atoms with E-state index in [-0.39, 0.29) is 13.2 Å². The summed E-state index contributed by atoms with van der Waals surface area (Å²) >= 11 is 2.20. The Labute approximate surface area is 90.5 Å². The van der Waals surface area contributed by atoms with E-state index in [0.717, 1.165) is 3.57 Å². The molecule has 0 aliphatic heterocycles. The average Bonchev–Trinajstić information content (AvgIpc) is 2.16. The van der Waals surface area contributed by atoms with Gasteiger partial charge in [-0.1, -0.05) is 0 Å². The Morgan fingerprint density at radius 2 is 1.92 bits per heavy atom. The Kier molecular flexibility index (Phi) is 4.47. The third-order valence-corrected chi connectivity index (χ3v) is 2.19. The lowest BCUT2D eigenvalue weighted by Gasteiger charge is -2.09. The molecule has 0 amide bonds. The Morgan fingerprint density at radius 3 is 2.46 bits per heavy atom. The van der Waals surface area contributed by atoms with E-state index in [4.69, 9.17) is 14.9 Å². The monoisotopic (exact) mass is 294 g/mol. The van der Waals surface area contributed by atoms with Crippen LogP contribution in [-0.2, 0) is 0 Å². The van der Waals surface area contributed by atoms with E-state index >= 15 is 0 Å². The molecule has 13 heavy (non-hydrogen) atoms. The number of ether oxygens (including phenoxy) is 1. The zero-order valence-corrected chi connectivity index (χ0v) is 9.14. The van der Waals surface area contributed by atoms with Crippen LogP contribution in [0, 0.1) is 3.57 Å². The van der Waals surface area contributed by atoms with Crippen molar-refractivity contribution in [3.63, 3.8) is 0 Å². The number of hydrogen-bond acceptors (Lipinski definition) is 3. The van der Waals surface area contributed by atoms with Gasteiger partial charge in [-0.05, 0) is 46.9 Å². The van der Waals surface area contributed by atoms with Gasteiger partial charge in [0.15, 0.2) is 0 Å². The summed E-state index contributed by atoms with van der Waals surface area (Å²) in [6, 6.07) is 7.49. The third-order valence-electron chi connectivity index (χ3n) is 1.47. The molecule has 1 aromatic carbocycles. The fourth-order valence-electron chi connectivity index (χ4n) is 0.776. The van der Waals surface area contributed by atoms with E-state index in [1.165, 1.54) is 0 Å². The molecule has 0 heterocycles. The van der Waals surface area contributed by atoms with Gasteiger partial charge < -0.3 is 14.9 Å². The van der Waals surface area contributed by atoms with Crippen LogP contribution in [0.2, 0.25) is 0 Å². The smallest absolute Gasteiger partial charge is 0.119 e. The quantitative estimate of drug-likeness (QED) is 0.815. The van der Waals surface area contributed by atoms with E-state index in [9.17, 15) is 0 Å². The highest BCUT2D eigenvalue weighted by Crippen LogP contribution is 2.13. The second-order valence-electron chi connectivity index (χ2n) is 2.60. The maximum Gasteiger partial charge on any atom is 0.119 e. The summed E-state index contributed by atoms with van der Waals surface area (Å²) in [4.78, 5) is 0. The minimum absolute atomic E-state index is 0.122. The highest BCUT2D eigenvalue weighted by Gasteiger charge is 2.02. The molecule has 0 aliphatic rings. The summed E-state index contributed by atoms with van der Waals surface area (Å²) in [5.74, 6) is 0.702. The van der Waals surface area contributed by atoms with Crippen LogP contribution >= 0.6 is 22.6 Å². The molecule has 1 aromatic rings. The number of aliphatic hydroxyl groups is 2. The van der Waals surface area contributed by atoms with Gasteiger partial charge in [0.2, 0.25) is 0 Å². The first-order chi connectivity index (χ1) is 6.22. The molecule has 4 heteroatoms. The first kappa shape index (κ1) is 10.7. The Hall–Kier alpha value is -0.330. The van der Waals surface area contributed by atoms with Crippen LogP contribution in [0.15, 0.2) is 24.3 Å². The zero-order chi connectivity index (χ0) is 9.68. The number of hydrogen-bond donors (Lipinski definition) is 2. The van der Waals surface area contributed by atoms with Crippen molar-refractivity contribution in [1.29, 1.82) is 0 Å². The van der Waals surface area contributed by atoms with Crippen LogP contribution in [0.25, 0.3) is 0 Å². The highest BCUT2D eigenvalue weighted by molar-refractivity contribution is 14.1. The molecular formula is C9H11IO3. The number of benzene rings is 1. The Bertz CT molecular complexity index is 248. The standard InChI is InChI=1S/C9H11IO3/c10-7-1-3-9(4-2-7)13-6-8(12)5-11/h1-4,8,11-12H,5-6H2/t8-/m0/s1. The molecule has 0 aliphatic carbocycles.